The number of carbonyl (C=O) groups excluding carboxylic acids is 2. The zero-order chi connectivity index (χ0) is 18.2. The molecule has 0 atom stereocenters. The zero-order valence-corrected chi connectivity index (χ0v) is 15.9. The number of hydrogen-bond donors (Lipinski definition) is 1. The molecule has 132 valence electrons. The van der Waals surface area contributed by atoms with E-state index in [4.69, 9.17) is 11.6 Å². The van der Waals surface area contributed by atoms with E-state index in [0.29, 0.717) is 11.6 Å². The maximum absolute atomic E-state index is 12.4. The maximum atomic E-state index is 12.4. The van der Waals surface area contributed by atoms with Gasteiger partial charge < -0.3 is 10.2 Å². The van der Waals surface area contributed by atoms with Gasteiger partial charge in [-0.1, -0.05) is 29.8 Å². The van der Waals surface area contributed by atoms with Crippen LogP contribution in [0.25, 0.3) is 0 Å². The zero-order valence-electron chi connectivity index (χ0n) is 14.3. The van der Waals surface area contributed by atoms with E-state index in [1.807, 2.05) is 44.2 Å². The quantitative estimate of drug-likeness (QED) is 0.780. The predicted molar refractivity (Wildman–Crippen MR) is 107 cm³/mol. The lowest BCUT2D eigenvalue weighted by atomic mass is 10.2. The van der Waals surface area contributed by atoms with Crippen LogP contribution in [-0.2, 0) is 9.59 Å². The fourth-order valence-electron chi connectivity index (χ4n) is 2.37. The molecular formula is C19H21ClN2O2S. The number of halogens is 1. The molecule has 0 unspecified atom stereocenters. The molecule has 4 nitrogen and oxygen atoms in total. The Morgan fingerprint density at radius 3 is 2.48 bits per heavy atom. The second-order valence-electron chi connectivity index (χ2n) is 5.47. The van der Waals surface area contributed by atoms with Gasteiger partial charge in [0.25, 0.3) is 0 Å². The fourth-order valence-corrected chi connectivity index (χ4v) is 3.29. The van der Waals surface area contributed by atoms with Gasteiger partial charge in [0.15, 0.2) is 0 Å². The van der Waals surface area contributed by atoms with Crippen LogP contribution in [0.3, 0.4) is 0 Å². The van der Waals surface area contributed by atoms with E-state index in [0.717, 1.165) is 16.9 Å². The SMILES string of the molecule is CCN(C(=O)CSCC(=O)Nc1ccc(Cl)cc1C)c1ccccc1. The maximum Gasteiger partial charge on any atom is 0.236 e. The number of aryl methyl sites for hydroxylation is 1. The summed E-state index contributed by atoms with van der Waals surface area (Å²) >= 11 is 7.21. The normalized spacial score (nSPS) is 10.4. The number of carbonyl (C=O) groups is 2. The molecule has 0 fully saturated rings. The largest absolute Gasteiger partial charge is 0.325 e. The molecule has 0 radical (unpaired) electrons. The Kier molecular flexibility index (Phi) is 7.34. The summed E-state index contributed by atoms with van der Waals surface area (Å²) in [6.07, 6.45) is 0. The summed E-state index contributed by atoms with van der Waals surface area (Å²) in [4.78, 5) is 26.1. The van der Waals surface area contributed by atoms with Gasteiger partial charge in [-0.05, 0) is 49.7 Å². The molecule has 0 saturated heterocycles. The monoisotopic (exact) mass is 376 g/mol. The van der Waals surface area contributed by atoms with Crippen molar-refractivity contribution in [1.82, 2.24) is 0 Å². The van der Waals surface area contributed by atoms with Crippen LogP contribution < -0.4 is 10.2 Å². The summed E-state index contributed by atoms with van der Waals surface area (Å²) in [7, 11) is 0. The third kappa shape index (κ3) is 5.80. The van der Waals surface area contributed by atoms with E-state index in [1.165, 1.54) is 11.8 Å². The van der Waals surface area contributed by atoms with Crippen LogP contribution in [0.4, 0.5) is 11.4 Å². The van der Waals surface area contributed by atoms with Crippen molar-refractivity contribution in [3.63, 3.8) is 0 Å². The Balaban J connectivity index is 1.83. The highest BCUT2D eigenvalue weighted by Crippen LogP contribution is 2.20. The third-order valence-corrected chi connectivity index (χ3v) is 4.76. The van der Waals surface area contributed by atoms with E-state index in [-0.39, 0.29) is 23.3 Å². The van der Waals surface area contributed by atoms with Gasteiger partial charge >= 0.3 is 0 Å². The molecule has 0 spiro atoms. The minimum atomic E-state index is -0.133. The van der Waals surface area contributed by atoms with E-state index in [9.17, 15) is 9.59 Å². The fraction of sp³-hybridized carbons (Fsp3) is 0.263. The van der Waals surface area contributed by atoms with Crippen LogP contribution in [0.1, 0.15) is 12.5 Å². The Hall–Kier alpha value is -1.98. The summed E-state index contributed by atoms with van der Waals surface area (Å²) in [6, 6.07) is 14.8. The first kappa shape index (κ1) is 19.3. The van der Waals surface area contributed by atoms with Gasteiger partial charge in [0.2, 0.25) is 11.8 Å². The highest BCUT2D eigenvalue weighted by molar-refractivity contribution is 8.00. The summed E-state index contributed by atoms with van der Waals surface area (Å²) < 4.78 is 0. The Labute approximate surface area is 157 Å². The van der Waals surface area contributed by atoms with Crippen molar-refractivity contribution in [3.8, 4) is 0 Å². The lowest BCUT2D eigenvalue weighted by molar-refractivity contribution is -0.116. The molecule has 0 heterocycles. The number of rotatable bonds is 7. The molecule has 2 aromatic rings. The minimum Gasteiger partial charge on any atom is -0.325 e. The van der Waals surface area contributed by atoms with Crippen molar-refractivity contribution in [2.75, 3.05) is 28.3 Å². The number of hydrogen-bond acceptors (Lipinski definition) is 3. The number of para-hydroxylation sites is 1. The summed E-state index contributed by atoms with van der Waals surface area (Å²) in [5.74, 6) is 0.343. The van der Waals surface area contributed by atoms with Crippen LogP contribution in [0.2, 0.25) is 5.02 Å². The number of nitrogens with one attached hydrogen (secondary N) is 1. The van der Waals surface area contributed by atoms with Crippen molar-refractivity contribution in [2.45, 2.75) is 13.8 Å². The van der Waals surface area contributed by atoms with Crippen LogP contribution in [0.15, 0.2) is 48.5 Å². The summed E-state index contributed by atoms with van der Waals surface area (Å²) in [5.41, 5.74) is 2.51. The number of benzene rings is 2. The Bertz CT molecular complexity index is 737. The molecule has 0 aliphatic carbocycles. The lowest BCUT2D eigenvalue weighted by Gasteiger charge is -2.20. The molecule has 6 heteroatoms. The van der Waals surface area contributed by atoms with E-state index < -0.39 is 0 Å². The molecular weight excluding hydrogens is 356 g/mol. The highest BCUT2D eigenvalue weighted by atomic mass is 35.5. The minimum absolute atomic E-state index is 0.00539. The van der Waals surface area contributed by atoms with Gasteiger partial charge in [0.05, 0.1) is 11.5 Å². The lowest BCUT2D eigenvalue weighted by Crippen LogP contribution is -2.32. The first-order valence-electron chi connectivity index (χ1n) is 8.00. The molecule has 2 amide bonds. The van der Waals surface area contributed by atoms with Crippen LogP contribution in [-0.4, -0.2) is 29.9 Å². The molecule has 25 heavy (non-hydrogen) atoms. The molecule has 0 aliphatic heterocycles. The Morgan fingerprint density at radius 2 is 1.84 bits per heavy atom. The molecule has 0 saturated carbocycles. The van der Waals surface area contributed by atoms with Gasteiger partial charge in [-0.2, -0.15) is 0 Å². The number of nitrogens with zero attached hydrogens (tertiary/aromatic N) is 1. The second kappa shape index (κ2) is 9.49. The highest BCUT2D eigenvalue weighted by Gasteiger charge is 2.14. The standard InChI is InChI=1S/C19H21ClN2O2S/c1-3-22(16-7-5-4-6-8-16)19(24)13-25-12-18(23)21-17-10-9-15(20)11-14(17)2/h4-11H,3,12-13H2,1-2H3,(H,21,23). The third-order valence-electron chi connectivity index (χ3n) is 3.61. The van der Waals surface area contributed by atoms with Gasteiger partial charge in [0, 0.05) is 22.9 Å². The summed E-state index contributed by atoms with van der Waals surface area (Å²) in [5, 5.41) is 3.48. The molecule has 2 aromatic carbocycles. The Morgan fingerprint density at radius 1 is 1.12 bits per heavy atom. The van der Waals surface area contributed by atoms with Crippen molar-refractivity contribution < 1.29 is 9.59 Å². The number of thioether (sulfide) groups is 1. The average molecular weight is 377 g/mol. The molecule has 0 bridgehead atoms. The molecule has 1 N–H and O–H groups in total. The van der Waals surface area contributed by atoms with E-state index >= 15 is 0 Å². The van der Waals surface area contributed by atoms with Crippen LogP contribution in [0, 0.1) is 6.92 Å². The number of anilines is 2. The van der Waals surface area contributed by atoms with Crippen LogP contribution in [0.5, 0.6) is 0 Å². The number of amides is 2. The van der Waals surface area contributed by atoms with Gasteiger partial charge in [0.1, 0.15) is 0 Å². The molecule has 0 aromatic heterocycles. The first-order chi connectivity index (χ1) is 12.0. The summed E-state index contributed by atoms with van der Waals surface area (Å²) in [6.45, 7) is 4.42. The van der Waals surface area contributed by atoms with Gasteiger partial charge in [-0.3, -0.25) is 9.59 Å². The first-order valence-corrected chi connectivity index (χ1v) is 9.53. The predicted octanol–water partition coefficient (Wildman–Crippen LogP) is 4.37. The van der Waals surface area contributed by atoms with Gasteiger partial charge in [-0.25, -0.2) is 0 Å². The van der Waals surface area contributed by atoms with Crippen LogP contribution >= 0.6 is 23.4 Å². The van der Waals surface area contributed by atoms with E-state index in [1.54, 1.807) is 23.1 Å². The topological polar surface area (TPSA) is 49.4 Å². The average Bonchev–Trinajstić information content (AvgIpc) is 2.59. The van der Waals surface area contributed by atoms with Crippen molar-refractivity contribution in [3.05, 3.63) is 59.1 Å². The van der Waals surface area contributed by atoms with Crippen molar-refractivity contribution in [1.29, 1.82) is 0 Å². The van der Waals surface area contributed by atoms with Gasteiger partial charge in [-0.15, -0.1) is 11.8 Å². The van der Waals surface area contributed by atoms with Crippen molar-refractivity contribution in [2.24, 2.45) is 0 Å². The van der Waals surface area contributed by atoms with Crippen molar-refractivity contribution >= 4 is 46.6 Å². The second-order valence-corrected chi connectivity index (χ2v) is 6.90. The smallest absolute Gasteiger partial charge is 0.236 e. The van der Waals surface area contributed by atoms with E-state index in [2.05, 4.69) is 5.32 Å². The molecule has 2 rings (SSSR count). The molecule has 0 aliphatic rings.